The van der Waals surface area contributed by atoms with Crippen molar-refractivity contribution < 1.29 is 9.90 Å². The second-order valence-electron chi connectivity index (χ2n) is 9.54. The van der Waals surface area contributed by atoms with E-state index in [1.165, 1.54) is 0 Å². The monoisotopic (exact) mass is 417 g/mol. The standard InChI is InChI=1S/C24H27N5O2/c1-3-15-12-26-22(25-9-8-18-17-6-4-5-7-19(17)28-21(18)30)29-20(15)27-16-10-24(11-16)13-23(2,31)14-24/h1,4-7,12,16,18,31H,8-11,13-14H2,2H3,(H,28,30)(H2,25,26,27,29). The van der Waals surface area contributed by atoms with Crippen molar-refractivity contribution in [2.75, 3.05) is 22.5 Å². The van der Waals surface area contributed by atoms with Crippen molar-refractivity contribution in [3.63, 3.8) is 0 Å². The number of terminal acetylenes is 1. The fraction of sp³-hybridized carbons (Fsp3) is 0.458. The number of rotatable bonds is 6. The maximum absolute atomic E-state index is 12.3. The maximum Gasteiger partial charge on any atom is 0.232 e. The fourth-order valence-electron chi connectivity index (χ4n) is 5.71. The summed E-state index contributed by atoms with van der Waals surface area (Å²) in [5.41, 5.74) is 2.34. The lowest BCUT2D eigenvalue weighted by molar-refractivity contribution is -0.154. The lowest BCUT2D eigenvalue weighted by atomic mass is 9.48. The lowest BCUT2D eigenvalue weighted by Crippen LogP contribution is -2.59. The molecular weight excluding hydrogens is 390 g/mol. The van der Waals surface area contributed by atoms with Crippen LogP contribution in [-0.4, -0.2) is 39.2 Å². The zero-order valence-corrected chi connectivity index (χ0v) is 17.6. The smallest absolute Gasteiger partial charge is 0.232 e. The second kappa shape index (κ2) is 7.24. The summed E-state index contributed by atoms with van der Waals surface area (Å²) in [5.74, 6) is 3.66. The molecular formula is C24H27N5O2. The first-order chi connectivity index (χ1) is 14.9. The van der Waals surface area contributed by atoms with Gasteiger partial charge in [-0.25, -0.2) is 4.98 Å². The quantitative estimate of drug-likeness (QED) is 0.539. The van der Waals surface area contributed by atoms with Crippen molar-refractivity contribution in [1.82, 2.24) is 9.97 Å². The molecule has 5 rings (SSSR count). The number of amides is 1. The van der Waals surface area contributed by atoms with Gasteiger partial charge in [0.15, 0.2) is 0 Å². The molecule has 1 aromatic heterocycles. The Morgan fingerprint density at radius 3 is 2.84 bits per heavy atom. The molecule has 160 valence electrons. The van der Waals surface area contributed by atoms with Gasteiger partial charge in [0.25, 0.3) is 0 Å². The van der Waals surface area contributed by atoms with Crippen LogP contribution >= 0.6 is 0 Å². The van der Waals surface area contributed by atoms with E-state index < -0.39 is 5.60 Å². The van der Waals surface area contributed by atoms with Gasteiger partial charge in [0.05, 0.1) is 23.3 Å². The van der Waals surface area contributed by atoms with Gasteiger partial charge in [-0.1, -0.05) is 24.1 Å². The number of hydrogen-bond donors (Lipinski definition) is 4. The molecule has 1 aliphatic heterocycles. The first-order valence-corrected chi connectivity index (χ1v) is 10.8. The van der Waals surface area contributed by atoms with Crippen molar-refractivity contribution >= 4 is 23.4 Å². The largest absolute Gasteiger partial charge is 0.390 e. The summed E-state index contributed by atoms with van der Waals surface area (Å²) in [6.07, 6.45) is 11.7. The molecule has 1 amide bonds. The van der Waals surface area contributed by atoms with Crippen LogP contribution in [0.25, 0.3) is 0 Å². The topological polar surface area (TPSA) is 99.2 Å². The van der Waals surface area contributed by atoms with E-state index in [0.29, 0.717) is 36.3 Å². The van der Waals surface area contributed by atoms with Gasteiger partial charge < -0.3 is 21.1 Å². The van der Waals surface area contributed by atoms with Crippen LogP contribution < -0.4 is 16.0 Å². The van der Waals surface area contributed by atoms with Crippen LogP contribution in [0.15, 0.2) is 30.5 Å². The van der Waals surface area contributed by atoms with Crippen LogP contribution in [0.1, 0.15) is 56.1 Å². The van der Waals surface area contributed by atoms with E-state index >= 15 is 0 Å². The van der Waals surface area contributed by atoms with Crippen LogP contribution in [0.2, 0.25) is 0 Å². The lowest BCUT2D eigenvalue weighted by Gasteiger charge is -2.60. The van der Waals surface area contributed by atoms with Crippen molar-refractivity contribution in [2.24, 2.45) is 5.41 Å². The van der Waals surface area contributed by atoms with Crippen LogP contribution in [0.4, 0.5) is 17.5 Å². The molecule has 7 nitrogen and oxygen atoms in total. The Kier molecular flexibility index (Phi) is 4.63. The molecule has 2 aromatic rings. The summed E-state index contributed by atoms with van der Waals surface area (Å²) in [7, 11) is 0. The molecule has 1 atom stereocenters. The van der Waals surface area contributed by atoms with E-state index in [1.54, 1.807) is 6.20 Å². The molecule has 31 heavy (non-hydrogen) atoms. The van der Waals surface area contributed by atoms with Crippen LogP contribution in [-0.2, 0) is 4.79 Å². The van der Waals surface area contributed by atoms with Crippen molar-refractivity contribution in [2.45, 2.75) is 56.6 Å². The van der Waals surface area contributed by atoms with Crippen LogP contribution in [0.5, 0.6) is 0 Å². The van der Waals surface area contributed by atoms with Gasteiger partial charge in [0.2, 0.25) is 11.9 Å². The number of para-hydroxylation sites is 1. The summed E-state index contributed by atoms with van der Waals surface area (Å²) in [6.45, 7) is 2.48. The number of nitrogens with zero attached hydrogens (tertiary/aromatic N) is 2. The number of benzene rings is 1. The molecule has 0 saturated heterocycles. The highest BCUT2D eigenvalue weighted by Crippen LogP contribution is 2.60. The Morgan fingerprint density at radius 2 is 2.10 bits per heavy atom. The Labute approximate surface area is 182 Å². The Balaban J connectivity index is 1.19. The Hall–Kier alpha value is -3.11. The van der Waals surface area contributed by atoms with Gasteiger partial charge in [-0.2, -0.15) is 4.98 Å². The van der Waals surface area contributed by atoms with Gasteiger partial charge in [0, 0.05) is 18.3 Å². The number of carbonyl (C=O) groups excluding carboxylic acids is 1. The van der Waals surface area contributed by atoms with E-state index in [0.717, 1.165) is 36.9 Å². The van der Waals surface area contributed by atoms with Crippen LogP contribution in [0.3, 0.4) is 0 Å². The Morgan fingerprint density at radius 1 is 1.32 bits per heavy atom. The van der Waals surface area contributed by atoms with E-state index in [9.17, 15) is 9.90 Å². The molecule has 2 heterocycles. The average Bonchev–Trinajstić information content (AvgIpc) is 3.01. The normalized spacial score (nSPS) is 30.5. The van der Waals surface area contributed by atoms with Gasteiger partial charge in [-0.3, -0.25) is 4.79 Å². The minimum Gasteiger partial charge on any atom is -0.390 e. The molecule has 0 bridgehead atoms. The third-order valence-electron chi connectivity index (χ3n) is 6.78. The number of aromatic nitrogens is 2. The zero-order chi connectivity index (χ0) is 21.6. The molecule has 1 unspecified atom stereocenters. The number of hydrogen-bond acceptors (Lipinski definition) is 6. The van der Waals surface area contributed by atoms with Crippen molar-refractivity contribution in [3.8, 4) is 12.3 Å². The highest BCUT2D eigenvalue weighted by Gasteiger charge is 2.57. The van der Waals surface area contributed by atoms with Crippen LogP contribution in [0, 0.1) is 17.8 Å². The summed E-state index contributed by atoms with van der Waals surface area (Å²) in [4.78, 5) is 21.2. The Bertz CT molecular complexity index is 1060. The molecule has 3 aliphatic rings. The summed E-state index contributed by atoms with van der Waals surface area (Å²) >= 11 is 0. The molecule has 2 saturated carbocycles. The molecule has 1 spiro atoms. The van der Waals surface area contributed by atoms with E-state index in [-0.39, 0.29) is 17.2 Å². The minimum atomic E-state index is -0.502. The molecule has 0 radical (unpaired) electrons. The number of fused-ring (bicyclic) bond motifs is 1. The minimum absolute atomic E-state index is 0.0304. The van der Waals surface area contributed by atoms with E-state index in [4.69, 9.17) is 6.42 Å². The first-order valence-electron chi connectivity index (χ1n) is 10.8. The third-order valence-corrected chi connectivity index (χ3v) is 6.78. The number of anilines is 3. The molecule has 2 fully saturated rings. The third kappa shape index (κ3) is 3.72. The predicted molar refractivity (Wildman–Crippen MR) is 120 cm³/mol. The van der Waals surface area contributed by atoms with Crippen molar-refractivity contribution in [3.05, 3.63) is 41.6 Å². The summed E-state index contributed by atoms with van der Waals surface area (Å²) < 4.78 is 0. The van der Waals surface area contributed by atoms with Crippen molar-refractivity contribution in [1.29, 1.82) is 0 Å². The SMILES string of the molecule is C#Cc1cnc(NCCC2C(=O)Nc3ccccc32)nc1NC1CC2(C1)CC(C)(O)C2. The average molecular weight is 418 g/mol. The number of aliphatic hydroxyl groups is 1. The first kappa shape index (κ1) is 19.8. The van der Waals surface area contributed by atoms with E-state index in [1.807, 2.05) is 31.2 Å². The molecule has 1 aromatic carbocycles. The highest BCUT2D eigenvalue weighted by atomic mass is 16.3. The predicted octanol–water partition coefficient (Wildman–Crippen LogP) is 3.10. The van der Waals surface area contributed by atoms with Gasteiger partial charge in [0.1, 0.15) is 5.82 Å². The van der Waals surface area contributed by atoms with Gasteiger partial charge in [-0.05, 0) is 56.1 Å². The molecule has 4 N–H and O–H groups in total. The molecule has 7 heteroatoms. The summed E-state index contributed by atoms with van der Waals surface area (Å²) in [6, 6.07) is 8.10. The molecule has 2 aliphatic carbocycles. The summed E-state index contributed by atoms with van der Waals surface area (Å²) in [5, 5.41) is 19.7. The highest BCUT2D eigenvalue weighted by molar-refractivity contribution is 6.02. The fourth-order valence-corrected chi connectivity index (χ4v) is 5.71. The van der Waals surface area contributed by atoms with Gasteiger partial charge in [-0.15, -0.1) is 6.42 Å². The zero-order valence-electron chi connectivity index (χ0n) is 17.6. The maximum atomic E-state index is 12.3. The second-order valence-corrected chi connectivity index (χ2v) is 9.54. The van der Waals surface area contributed by atoms with Gasteiger partial charge >= 0.3 is 0 Å². The number of nitrogens with one attached hydrogen (secondary N) is 3. The van der Waals surface area contributed by atoms with E-state index in [2.05, 4.69) is 31.8 Å². The number of carbonyl (C=O) groups is 1.